The highest BCUT2D eigenvalue weighted by Crippen LogP contribution is 2.18. The fourth-order valence-electron chi connectivity index (χ4n) is 1.79. The molecule has 6 nitrogen and oxygen atoms in total. The SMILES string of the molecule is c1coc(COCCn2cc(CNC3CC3)nn2)c1. The lowest BCUT2D eigenvalue weighted by atomic mass is 10.4. The Bertz CT molecular complexity index is 490. The number of hydrogen-bond donors (Lipinski definition) is 1. The second-order valence-corrected chi connectivity index (χ2v) is 4.76. The van der Waals surface area contributed by atoms with Gasteiger partial charge in [-0.3, -0.25) is 0 Å². The van der Waals surface area contributed by atoms with E-state index in [1.807, 2.05) is 23.0 Å². The number of aromatic nitrogens is 3. The van der Waals surface area contributed by atoms with Crippen LogP contribution in [0.25, 0.3) is 0 Å². The van der Waals surface area contributed by atoms with Gasteiger partial charge in [-0.15, -0.1) is 5.10 Å². The molecule has 1 fully saturated rings. The zero-order valence-electron chi connectivity index (χ0n) is 10.8. The van der Waals surface area contributed by atoms with Gasteiger partial charge in [-0.05, 0) is 25.0 Å². The van der Waals surface area contributed by atoms with Gasteiger partial charge in [0.05, 0.1) is 25.1 Å². The molecule has 0 unspecified atom stereocenters. The number of hydrogen-bond acceptors (Lipinski definition) is 5. The minimum atomic E-state index is 0.498. The lowest BCUT2D eigenvalue weighted by molar-refractivity contribution is 0.0967. The molecule has 0 bridgehead atoms. The highest BCUT2D eigenvalue weighted by atomic mass is 16.5. The van der Waals surface area contributed by atoms with Crippen molar-refractivity contribution < 1.29 is 9.15 Å². The third-order valence-corrected chi connectivity index (χ3v) is 3.02. The molecule has 1 aliphatic carbocycles. The van der Waals surface area contributed by atoms with Crippen LogP contribution in [0.5, 0.6) is 0 Å². The van der Waals surface area contributed by atoms with Crippen LogP contribution in [0, 0.1) is 0 Å². The molecule has 0 spiro atoms. The van der Waals surface area contributed by atoms with Crippen molar-refractivity contribution in [3.05, 3.63) is 36.0 Å². The van der Waals surface area contributed by atoms with Crippen LogP contribution in [0.4, 0.5) is 0 Å². The largest absolute Gasteiger partial charge is 0.467 e. The van der Waals surface area contributed by atoms with Crippen LogP contribution < -0.4 is 5.32 Å². The van der Waals surface area contributed by atoms with Gasteiger partial charge in [-0.2, -0.15) is 0 Å². The summed E-state index contributed by atoms with van der Waals surface area (Å²) in [6.07, 6.45) is 6.18. The highest BCUT2D eigenvalue weighted by molar-refractivity contribution is 4.96. The van der Waals surface area contributed by atoms with Crippen molar-refractivity contribution in [2.75, 3.05) is 6.61 Å². The third-order valence-electron chi connectivity index (χ3n) is 3.02. The predicted molar refractivity (Wildman–Crippen MR) is 68.2 cm³/mol. The Morgan fingerprint density at radius 2 is 2.42 bits per heavy atom. The van der Waals surface area contributed by atoms with E-state index in [2.05, 4.69) is 15.6 Å². The predicted octanol–water partition coefficient (Wildman–Crippen LogP) is 1.34. The van der Waals surface area contributed by atoms with E-state index >= 15 is 0 Å². The lowest BCUT2D eigenvalue weighted by Crippen LogP contribution is -2.15. The number of furan rings is 1. The number of nitrogens with zero attached hydrogens (tertiary/aromatic N) is 3. The summed E-state index contributed by atoms with van der Waals surface area (Å²) in [4.78, 5) is 0. The van der Waals surface area contributed by atoms with Gasteiger partial charge in [-0.25, -0.2) is 4.68 Å². The van der Waals surface area contributed by atoms with Crippen molar-refractivity contribution in [3.8, 4) is 0 Å². The Morgan fingerprint density at radius 1 is 1.47 bits per heavy atom. The first-order valence-corrected chi connectivity index (χ1v) is 6.63. The molecule has 6 heteroatoms. The van der Waals surface area contributed by atoms with Gasteiger partial charge in [-0.1, -0.05) is 5.21 Å². The fourth-order valence-corrected chi connectivity index (χ4v) is 1.79. The number of ether oxygens (including phenoxy) is 1. The molecule has 0 radical (unpaired) electrons. The summed E-state index contributed by atoms with van der Waals surface area (Å²) in [5, 5.41) is 11.6. The molecule has 1 saturated carbocycles. The summed E-state index contributed by atoms with van der Waals surface area (Å²) in [5.74, 6) is 0.841. The number of rotatable bonds is 8. The maximum atomic E-state index is 5.50. The Labute approximate surface area is 111 Å². The zero-order chi connectivity index (χ0) is 12.9. The maximum Gasteiger partial charge on any atom is 0.129 e. The monoisotopic (exact) mass is 262 g/mol. The number of nitrogens with one attached hydrogen (secondary N) is 1. The van der Waals surface area contributed by atoms with Gasteiger partial charge in [0.15, 0.2) is 0 Å². The summed E-state index contributed by atoms with van der Waals surface area (Å²) in [5.41, 5.74) is 0.984. The molecular formula is C13H18N4O2. The zero-order valence-corrected chi connectivity index (χ0v) is 10.8. The highest BCUT2D eigenvalue weighted by Gasteiger charge is 2.20. The second-order valence-electron chi connectivity index (χ2n) is 4.76. The van der Waals surface area contributed by atoms with Crippen LogP contribution in [-0.4, -0.2) is 27.6 Å². The van der Waals surface area contributed by atoms with Crippen LogP contribution in [0.3, 0.4) is 0 Å². The van der Waals surface area contributed by atoms with Crippen molar-refractivity contribution in [2.45, 2.75) is 38.6 Å². The molecule has 19 heavy (non-hydrogen) atoms. The summed E-state index contributed by atoms with van der Waals surface area (Å²) in [7, 11) is 0. The minimum absolute atomic E-state index is 0.498. The van der Waals surface area contributed by atoms with Crippen molar-refractivity contribution in [2.24, 2.45) is 0 Å². The summed E-state index contributed by atoms with van der Waals surface area (Å²) < 4.78 is 12.5. The van der Waals surface area contributed by atoms with Gasteiger partial charge in [0, 0.05) is 18.8 Å². The molecule has 0 saturated heterocycles. The standard InChI is InChI=1S/C13H18N4O2/c1-2-13(19-6-1)10-18-7-5-17-9-12(15-16-17)8-14-11-3-4-11/h1-2,6,9,11,14H,3-5,7-8,10H2. The normalized spacial score (nSPS) is 14.9. The molecule has 1 N–H and O–H groups in total. The van der Waals surface area contributed by atoms with Crippen molar-refractivity contribution in [1.29, 1.82) is 0 Å². The average Bonchev–Trinajstić information content (AvgIpc) is 2.91. The first kappa shape index (κ1) is 12.4. The smallest absolute Gasteiger partial charge is 0.129 e. The first-order chi connectivity index (χ1) is 9.40. The molecule has 1 aliphatic rings. The van der Waals surface area contributed by atoms with Crippen molar-refractivity contribution in [3.63, 3.8) is 0 Å². The Kier molecular flexibility index (Phi) is 3.90. The molecule has 0 aliphatic heterocycles. The Morgan fingerprint density at radius 3 is 3.21 bits per heavy atom. The minimum Gasteiger partial charge on any atom is -0.467 e. The Balaban J connectivity index is 1.35. The van der Waals surface area contributed by atoms with Crippen molar-refractivity contribution in [1.82, 2.24) is 20.3 Å². The van der Waals surface area contributed by atoms with E-state index < -0.39 is 0 Å². The second kappa shape index (κ2) is 5.99. The van der Waals surface area contributed by atoms with Crippen LogP contribution in [0.1, 0.15) is 24.3 Å². The van der Waals surface area contributed by atoms with Gasteiger partial charge < -0.3 is 14.5 Å². The molecule has 0 atom stereocenters. The van der Waals surface area contributed by atoms with Crippen LogP contribution >= 0.6 is 0 Å². The summed E-state index contributed by atoms with van der Waals surface area (Å²) in [6.45, 7) is 2.60. The lowest BCUT2D eigenvalue weighted by Gasteiger charge is -2.01. The maximum absolute atomic E-state index is 5.50. The fraction of sp³-hybridized carbons (Fsp3) is 0.538. The van der Waals surface area contributed by atoms with E-state index in [4.69, 9.17) is 9.15 Å². The molecule has 2 aromatic heterocycles. The molecule has 0 amide bonds. The van der Waals surface area contributed by atoms with E-state index in [-0.39, 0.29) is 0 Å². The van der Waals surface area contributed by atoms with Gasteiger partial charge >= 0.3 is 0 Å². The van der Waals surface area contributed by atoms with Crippen LogP contribution in [0.15, 0.2) is 29.0 Å². The molecule has 102 valence electrons. The molecule has 2 aromatic rings. The van der Waals surface area contributed by atoms with Gasteiger partial charge in [0.2, 0.25) is 0 Å². The quantitative estimate of drug-likeness (QED) is 0.727. The van der Waals surface area contributed by atoms with Gasteiger partial charge in [0.25, 0.3) is 0 Å². The van der Waals surface area contributed by atoms with Gasteiger partial charge in [0.1, 0.15) is 12.4 Å². The van der Waals surface area contributed by atoms with E-state index in [1.54, 1.807) is 6.26 Å². The Hall–Kier alpha value is -1.66. The van der Waals surface area contributed by atoms with Crippen LogP contribution in [0.2, 0.25) is 0 Å². The van der Waals surface area contributed by atoms with E-state index in [1.165, 1.54) is 12.8 Å². The topological polar surface area (TPSA) is 65.1 Å². The van der Waals surface area contributed by atoms with Crippen LogP contribution in [-0.2, 0) is 24.4 Å². The van der Waals surface area contributed by atoms with E-state index in [9.17, 15) is 0 Å². The van der Waals surface area contributed by atoms with E-state index in [0.717, 1.165) is 18.0 Å². The molecule has 3 rings (SSSR count). The van der Waals surface area contributed by atoms with E-state index in [0.29, 0.717) is 25.8 Å². The summed E-state index contributed by atoms with van der Waals surface area (Å²) in [6, 6.07) is 4.45. The average molecular weight is 262 g/mol. The summed E-state index contributed by atoms with van der Waals surface area (Å²) >= 11 is 0. The first-order valence-electron chi connectivity index (χ1n) is 6.63. The molecule has 0 aromatic carbocycles. The van der Waals surface area contributed by atoms with Crippen molar-refractivity contribution >= 4 is 0 Å². The molecular weight excluding hydrogens is 244 g/mol. The molecule has 2 heterocycles. The third kappa shape index (κ3) is 3.90.